The molecule has 3 heterocycles. The highest BCUT2D eigenvalue weighted by atomic mass is 32.1. The van der Waals surface area contributed by atoms with Crippen molar-refractivity contribution in [1.82, 2.24) is 9.55 Å². The summed E-state index contributed by atoms with van der Waals surface area (Å²) in [5.41, 5.74) is 5.20. The minimum Gasteiger partial charge on any atom is -0.443 e. The normalized spacial score (nSPS) is 12.2. The van der Waals surface area contributed by atoms with E-state index in [1.54, 1.807) is 0 Å². The number of oxazole rings is 1. The Morgan fingerprint density at radius 3 is 2.55 bits per heavy atom. The second-order valence-electron chi connectivity index (χ2n) is 8.46. The first-order valence-electron chi connectivity index (χ1n) is 11.0. The Kier molecular flexibility index (Phi) is 3.28. The van der Waals surface area contributed by atoms with Crippen molar-refractivity contribution in [1.29, 1.82) is 0 Å². The van der Waals surface area contributed by atoms with E-state index >= 15 is 0 Å². The van der Waals surface area contributed by atoms with Crippen LogP contribution in [0, 0.1) is 0 Å². The van der Waals surface area contributed by atoms with Gasteiger partial charge < -0.3 is 8.98 Å². The van der Waals surface area contributed by atoms with Gasteiger partial charge in [-0.25, -0.2) is 4.98 Å². The fraction of sp³-hybridized carbons (Fsp3) is 0. The van der Waals surface area contributed by atoms with Crippen molar-refractivity contribution in [3.05, 3.63) is 97.4 Å². The molecule has 3 nitrogen and oxygen atoms in total. The molecule has 8 rings (SSSR count). The Balaban J connectivity index is 1.66. The Morgan fingerprint density at radius 1 is 0.727 bits per heavy atom. The van der Waals surface area contributed by atoms with Crippen LogP contribution in [0.3, 0.4) is 0 Å². The SMILES string of the molecule is c1ccc2c(c1)ccc1c2c2ccc3c4ccccc4sc3c2n1-c1ccc2ncoc2c1. The molecule has 0 saturated heterocycles. The summed E-state index contributed by atoms with van der Waals surface area (Å²) < 4.78 is 10.7. The average molecular weight is 441 g/mol. The second-order valence-corrected chi connectivity index (χ2v) is 9.51. The van der Waals surface area contributed by atoms with Gasteiger partial charge in [-0.1, -0.05) is 60.7 Å². The van der Waals surface area contributed by atoms with Crippen LogP contribution in [0.15, 0.2) is 102 Å². The number of hydrogen-bond acceptors (Lipinski definition) is 3. The van der Waals surface area contributed by atoms with Crippen LogP contribution in [0.25, 0.3) is 69.5 Å². The molecule has 0 amide bonds. The van der Waals surface area contributed by atoms with Crippen molar-refractivity contribution in [3.8, 4) is 5.69 Å². The molecular formula is C29H16N2OS. The van der Waals surface area contributed by atoms with Gasteiger partial charge in [0.25, 0.3) is 0 Å². The molecule has 33 heavy (non-hydrogen) atoms. The van der Waals surface area contributed by atoms with E-state index in [-0.39, 0.29) is 0 Å². The maximum atomic E-state index is 5.66. The van der Waals surface area contributed by atoms with Crippen LogP contribution in [0.5, 0.6) is 0 Å². The summed E-state index contributed by atoms with van der Waals surface area (Å²) in [6, 6.07) is 32.7. The predicted octanol–water partition coefficient (Wildman–Crippen LogP) is 8.45. The van der Waals surface area contributed by atoms with E-state index in [0.717, 1.165) is 16.8 Å². The van der Waals surface area contributed by atoms with Crippen molar-refractivity contribution in [2.45, 2.75) is 0 Å². The van der Waals surface area contributed by atoms with Gasteiger partial charge in [-0.15, -0.1) is 11.3 Å². The monoisotopic (exact) mass is 440 g/mol. The molecule has 0 N–H and O–H groups in total. The van der Waals surface area contributed by atoms with Crippen LogP contribution in [-0.2, 0) is 0 Å². The number of nitrogens with zero attached hydrogens (tertiary/aromatic N) is 2. The largest absolute Gasteiger partial charge is 0.443 e. The van der Waals surface area contributed by atoms with Gasteiger partial charge in [-0.2, -0.15) is 0 Å². The first-order valence-corrected chi connectivity index (χ1v) is 11.8. The number of benzene rings is 5. The van der Waals surface area contributed by atoms with E-state index in [1.807, 2.05) is 17.4 Å². The molecule has 0 spiro atoms. The van der Waals surface area contributed by atoms with Crippen LogP contribution in [0.1, 0.15) is 0 Å². The van der Waals surface area contributed by atoms with E-state index in [1.165, 1.54) is 59.1 Å². The summed E-state index contributed by atoms with van der Waals surface area (Å²) >= 11 is 1.87. The lowest BCUT2D eigenvalue weighted by molar-refractivity contribution is 0.602. The lowest BCUT2D eigenvalue weighted by Crippen LogP contribution is -1.93. The van der Waals surface area contributed by atoms with Gasteiger partial charge in [0.15, 0.2) is 12.0 Å². The molecule has 0 unspecified atom stereocenters. The Labute approximate surface area is 192 Å². The smallest absolute Gasteiger partial charge is 0.181 e. The molecule has 3 aromatic heterocycles. The third kappa shape index (κ3) is 2.25. The van der Waals surface area contributed by atoms with Gasteiger partial charge in [-0.3, -0.25) is 0 Å². The van der Waals surface area contributed by atoms with Crippen molar-refractivity contribution >= 4 is 75.2 Å². The van der Waals surface area contributed by atoms with Crippen LogP contribution in [-0.4, -0.2) is 9.55 Å². The highest BCUT2D eigenvalue weighted by Gasteiger charge is 2.19. The fourth-order valence-electron chi connectivity index (χ4n) is 5.30. The first-order chi connectivity index (χ1) is 16.4. The molecule has 0 aliphatic rings. The Hall–Kier alpha value is -4.15. The topological polar surface area (TPSA) is 31.0 Å². The number of aromatic nitrogens is 2. The van der Waals surface area contributed by atoms with E-state index in [4.69, 9.17) is 4.42 Å². The van der Waals surface area contributed by atoms with Gasteiger partial charge in [0.1, 0.15) is 5.52 Å². The maximum Gasteiger partial charge on any atom is 0.181 e. The molecule has 0 fully saturated rings. The quantitative estimate of drug-likeness (QED) is 0.256. The fourth-order valence-corrected chi connectivity index (χ4v) is 6.54. The molecule has 0 radical (unpaired) electrons. The Bertz CT molecular complexity index is 2040. The summed E-state index contributed by atoms with van der Waals surface area (Å²) in [5.74, 6) is 0. The van der Waals surface area contributed by atoms with E-state index in [0.29, 0.717) is 0 Å². The third-order valence-corrected chi connectivity index (χ3v) is 7.93. The van der Waals surface area contributed by atoms with Gasteiger partial charge in [-0.05, 0) is 35.0 Å². The number of fused-ring (bicyclic) bond motifs is 10. The zero-order valence-electron chi connectivity index (χ0n) is 17.4. The molecule has 0 aliphatic carbocycles. The molecule has 0 saturated carbocycles. The highest BCUT2D eigenvalue weighted by molar-refractivity contribution is 7.26. The van der Waals surface area contributed by atoms with Crippen LogP contribution >= 0.6 is 11.3 Å². The summed E-state index contributed by atoms with van der Waals surface area (Å²) in [5, 5.41) is 7.72. The second kappa shape index (κ2) is 6.21. The molecule has 5 aromatic carbocycles. The molecule has 154 valence electrons. The minimum absolute atomic E-state index is 0.798. The van der Waals surface area contributed by atoms with E-state index < -0.39 is 0 Å². The van der Waals surface area contributed by atoms with Crippen LogP contribution in [0.4, 0.5) is 0 Å². The highest BCUT2D eigenvalue weighted by Crippen LogP contribution is 2.44. The first kappa shape index (κ1) is 17.4. The molecule has 8 aromatic rings. The van der Waals surface area contributed by atoms with Gasteiger partial charge >= 0.3 is 0 Å². The lowest BCUT2D eigenvalue weighted by atomic mass is 10.0. The number of hydrogen-bond donors (Lipinski definition) is 0. The number of rotatable bonds is 1. The molecular weight excluding hydrogens is 424 g/mol. The van der Waals surface area contributed by atoms with Crippen molar-refractivity contribution in [2.75, 3.05) is 0 Å². The van der Waals surface area contributed by atoms with Crippen molar-refractivity contribution in [2.24, 2.45) is 0 Å². The summed E-state index contributed by atoms with van der Waals surface area (Å²) in [6.45, 7) is 0. The standard InChI is InChI=1S/C29H16N2OS/c1-2-6-19-17(5-1)9-14-24-27(19)22-12-11-21-20-7-3-4-8-26(20)33-29(21)28(22)31(24)18-10-13-23-25(15-18)32-16-30-23/h1-16H. The van der Waals surface area contributed by atoms with Gasteiger partial charge in [0.05, 0.1) is 21.4 Å². The Morgan fingerprint density at radius 2 is 1.58 bits per heavy atom. The average Bonchev–Trinajstić information content (AvgIpc) is 3.56. The third-order valence-electron chi connectivity index (χ3n) is 6.73. The lowest BCUT2D eigenvalue weighted by Gasteiger charge is -2.09. The summed E-state index contributed by atoms with van der Waals surface area (Å²) in [7, 11) is 0. The van der Waals surface area contributed by atoms with Crippen molar-refractivity contribution < 1.29 is 4.42 Å². The number of thiophene rings is 1. The molecule has 0 aliphatic heterocycles. The molecule has 0 atom stereocenters. The van der Waals surface area contributed by atoms with Gasteiger partial charge in [0.2, 0.25) is 0 Å². The van der Waals surface area contributed by atoms with Crippen molar-refractivity contribution in [3.63, 3.8) is 0 Å². The zero-order chi connectivity index (χ0) is 21.5. The summed E-state index contributed by atoms with van der Waals surface area (Å²) in [4.78, 5) is 4.31. The van der Waals surface area contributed by atoms with E-state index in [9.17, 15) is 0 Å². The van der Waals surface area contributed by atoms with E-state index in [2.05, 4.69) is 94.5 Å². The summed E-state index contributed by atoms with van der Waals surface area (Å²) in [6.07, 6.45) is 1.51. The van der Waals surface area contributed by atoms with Crippen LogP contribution in [0.2, 0.25) is 0 Å². The predicted molar refractivity (Wildman–Crippen MR) is 139 cm³/mol. The molecule has 4 heteroatoms. The maximum absolute atomic E-state index is 5.66. The zero-order valence-corrected chi connectivity index (χ0v) is 18.3. The molecule has 0 bridgehead atoms. The van der Waals surface area contributed by atoms with Gasteiger partial charge in [0, 0.05) is 32.3 Å². The minimum atomic E-state index is 0.798. The van der Waals surface area contributed by atoms with Crippen LogP contribution < -0.4 is 0 Å².